The molecule has 3 rings (SSSR count). The van der Waals surface area contributed by atoms with Crippen molar-refractivity contribution >= 4 is 10.0 Å². The highest BCUT2D eigenvalue weighted by molar-refractivity contribution is 7.89. The zero-order chi connectivity index (χ0) is 17.2. The van der Waals surface area contributed by atoms with E-state index < -0.39 is 16.1 Å². The van der Waals surface area contributed by atoms with Gasteiger partial charge in [0.15, 0.2) is 5.82 Å². The van der Waals surface area contributed by atoms with Crippen molar-refractivity contribution in [3.8, 4) is 5.82 Å². The van der Waals surface area contributed by atoms with Crippen LogP contribution in [0.5, 0.6) is 0 Å². The molecule has 1 atom stereocenters. The quantitative estimate of drug-likeness (QED) is 0.765. The van der Waals surface area contributed by atoms with Crippen LogP contribution in [0.2, 0.25) is 0 Å². The zero-order valence-corrected chi connectivity index (χ0v) is 14.1. The lowest BCUT2D eigenvalue weighted by atomic mass is 10.1. The number of hydrogen-bond donors (Lipinski definition) is 1. The van der Waals surface area contributed by atoms with Crippen molar-refractivity contribution in [1.82, 2.24) is 24.5 Å². The summed E-state index contributed by atoms with van der Waals surface area (Å²) in [4.78, 5) is 8.24. The van der Waals surface area contributed by atoms with Crippen LogP contribution in [-0.4, -0.2) is 28.2 Å². The van der Waals surface area contributed by atoms with Gasteiger partial charge in [0, 0.05) is 35.9 Å². The standard InChI is InChI=1S/C16H17N5O2S/c1-12(20-24(22,23)14-6-5-8-17-10-14)15-11-19-21(13(15)2)16-7-3-4-9-18-16/h3-12,20H,1-2H3/t12-/m0/s1. The van der Waals surface area contributed by atoms with Crippen LogP contribution >= 0.6 is 0 Å². The van der Waals surface area contributed by atoms with Gasteiger partial charge in [0.05, 0.1) is 6.20 Å². The van der Waals surface area contributed by atoms with E-state index in [1.165, 1.54) is 18.5 Å². The molecule has 0 aliphatic heterocycles. The molecule has 0 aromatic carbocycles. The minimum atomic E-state index is -3.64. The summed E-state index contributed by atoms with van der Waals surface area (Å²) >= 11 is 0. The average Bonchev–Trinajstić information content (AvgIpc) is 2.98. The Labute approximate surface area is 140 Å². The lowest BCUT2D eigenvalue weighted by Crippen LogP contribution is -2.27. The topological polar surface area (TPSA) is 89.8 Å². The maximum atomic E-state index is 12.4. The Kier molecular flexibility index (Phi) is 4.41. The van der Waals surface area contributed by atoms with E-state index in [0.29, 0.717) is 5.82 Å². The Morgan fingerprint density at radius 3 is 2.62 bits per heavy atom. The molecule has 0 amide bonds. The summed E-state index contributed by atoms with van der Waals surface area (Å²) in [5, 5.41) is 4.32. The molecule has 3 aromatic rings. The summed E-state index contributed by atoms with van der Waals surface area (Å²) < 4.78 is 29.2. The first-order valence-corrected chi connectivity index (χ1v) is 8.85. The van der Waals surface area contributed by atoms with E-state index in [0.717, 1.165) is 11.3 Å². The molecule has 3 heterocycles. The Balaban J connectivity index is 1.87. The van der Waals surface area contributed by atoms with E-state index >= 15 is 0 Å². The van der Waals surface area contributed by atoms with E-state index in [-0.39, 0.29) is 4.90 Å². The second-order valence-corrected chi connectivity index (χ2v) is 7.03. The maximum Gasteiger partial charge on any atom is 0.242 e. The van der Waals surface area contributed by atoms with Gasteiger partial charge in [0.1, 0.15) is 4.90 Å². The SMILES string of the molecule is Cc1c([C@H](C)NS(=O)(=O)c2cccnc2)cnn1-c1ccccn1. The minimum absolute atomic E-state index is 0.131. The van der Waals surface area contributed by atoms with Crippen LogP contribution in [0.4, 0.5) is 0 Å². The number of nitrogens with zero attached hydrogens (tertiary/aromatic N) is 4. The normalized spacial score (nSPS) is 12.9. The van der Waals surface area contributed by atoms with Crippen LogP contribution in [0.15, 0.2) is 60.0 Å². The largest absolute Gasteiger partial charge is 0.263 e. The highest BCUT2D eigenvalue weighted by Crippen LogP contribution is 2.21. The Bertz CT molecular complexity index is 924. The predicted molar refractivity (Wildman–Crippen MR) is 89.1 cm³/mol. The van der Waals surface area contributed by atoms with Gasteiger partial charge in [-0.2, -0.15) is 5.10 Å². The molecule has 0 unspecified atom stereocenters. The molecule has 7 nitrogen and oxygen atoms in total. The summed E-state index contributed by atoms with van der Waals surface area (Å²) in [6.45, 7) is 3.66. The lowest BCUT2D eigenvalue weighted by molar-refractivity contribution is 0.566. The Morgan fingerprint density at radius 2 is 1.96 bits per heavy atom. The lowest BCUT2D eigenvalue weighted by Gasteiger charge is -2.14. The molecule has 0 fully saturated rings. The van der Waals surface area contributed by atoms with Gasteiger partial charge >= 0.3 is 0 Å². The number of aromatic nitrogens is 4. The molecule has 8 heteroatoms. The summed E-state index contributed by atoms with van der Waals surface area (Å²) in [6, 6.07) is 8.20. The van der Waals surface area contributed by atoms with Crippen LogP contribution in [0, 0.1) is 6.92 Å². The van der Waals surface area contributed by atoms with E-state index in [9.17, 15) is 8.42 Å². The third kappa shape index (κ3) is 3.19. The smallest absolute Gasteiger partial charge is 0.242 e. The molecular weight excluding hydrogens is 326 g/mol. The average molecular weight is 343 g/mol. The molecule has 1 N–H and O–H groups in total. The third-order valence-electron chi connectivity index (χ3n) is 3.66. The van der Waals surface area contributed by atoms with Crippen LogP contribution in [-0.2, 0) is 10.0 Å². The first kappa shape index (κ1) is 16.3. The van der Waals surface area contributed by atoms with Gasteiger partial charge in [0.2, 0.25) is 10.0 Å². The molecule has 3 aromatic heterocycles. The maximum absolute atomic E-state index is 12.4. The van der Waals surface area contributed by atoms with Crippen molar-refractivity contribution in [2.75, 3.05) is 0 Å². The molecule has 0 bridgehead atoms. The van der Waals surface area contributed by atoms with Gasteiger partial charge in [-0.1, -0.05) is 6.07 Å². The fourth-order valence-electron chi connectivity index (χ4n) is 2.43. The van der Waals surface area contributed by atoms with Crippen molar-refractivity contribution in [2.45, 2.75) is 24.8 Å². The third-order valence-corrected chi connectivity index (χ3v) is 5.18. The molecule has 0 saturated carbocycles. The summed E-state index contributed by atoms with van der Waals surface area (Å²) in [5.41, 5.74) is 1.61. The van der Waals surface area contributed by atoms with E-state index in [1.807, 2.05) is 25.1 Å². The van der Waals surface area contributed by atoms with Crippen molar-refractivity contribution in [2.24, 2.45) is 0 Å². The number of hydrogen-bond acceptors (Lipinski definition) is 5. The van der Waals surface area contributed by atoms with E-state index in [1.54, 1.807) is 30.1 Å². The van der Waals surface area contributed by atoms with Gasteiger partial charge < -0.3 is 0 Å². The van der Waals surface area contributed by atoms with Gasteiger partial charge in [-0.3, -0.25) is 4.98 Å². The number of sulfonamides is 1. The van der Waals surface area contributed by atoms with Crippen LogP contribution in [0.25, 0.3) is 5.82 Å². The predicted octanol–water partition coefficient (Wildman–Crippen LogP) is 2.01. The number of rotatable bonds is 5. The first-order valence-electron chi connectivity index (χ1n) is 7.37. The highest BCUT2D eigenvalue weighted by atomic mass is 32.2. The van der Waals surface area contributed by atoms with Crippen LogP contribution in [0.1, 0.15) is 24.2 Å². The second-order valence-electron chi connectivity index (χ2n) is 5.32. The van der Waals surface area contributed by atoms with Gasteiger partial charge in [-0.25, -0.2) is 22.8 Å². The first-order chi connectivity index (χ1) is 11.5. The van der Waals surface area contributed by atoms with E-state index in [4.69, 9.17) is 0 Å². The number of nitrogens with one attached hydrogen (secondary N) is 1. The van der Waals surface area contributed by atoms with Crippen molar-refractivity contribution < 1.29 is 8.42 Å². The monoisotopic (exact) mass is 343 g/mol. The van der Waals surface area contributed by atoms with Crippen LogP contribution in [0.3, 0.4) is 0 Å². The second kappa shape index (κ2) is 6.50. The molecule has 0 saturated heterocycles. The van der Waals surface area contributed by atoms with Crippen molar-refractivity contribution in [3.05, 3.63) is 66.4 Å². The summed E-state index contributed by atoms with van der Waals surface area (Å²) in [6.07, 6.45) is 6.19. The Morgan fingerprint density at radius 1 is 1.12 bits per heavy atom. The van der Waals surface area contributed by atoms with Crippen LogP contribution < -0.4 is 4.72 Å². The molecule has 0 radical (unpaired) electrons. The van der Waals surface area contributed by atoms with Crippen molar-refractivity contribution in [3.63, 3.8) is 0 Å². The molecular formula is C16H17N5O2S. The summed E-state index contributed by atoms with van der Waals surface area (Å²) in [5.74, 6) is 0.684. The van der Waals surface area contributed by atoms with Gasteiger partial charge in [-0.15, -0.1) is 0 Å². The fourth-order valence-corrected chi connectivity index (χ4v) is 3.61. The molecule has 0 aliphatic carbocycles. The Hall–Kier alpha value is -2.58. The number of pyridine rings is 2. The highest BCUT2D eigenvalue weighted by Gasteiger charge is 2.21. The molecule has 0 spiro atoms. The minimum Gasteiger partial charge on any atom is -0.263 e. The van der Waals surface area contributed by atoms with E-state index in [2.05, 4.69) is 19.8 Å². The molecule has 124 valence electrons. The molecule has 24 heavy (non-hydrogen) atoms. The van der Waals surface area contributed by atoms with Gasteiger partial charge in [0.25, 0.3) is 0 Å². The van der Waals surface area contributed by atoms with Crippen molar-refractivity contribution in [1.29, 1.82) is 0 Å². The zero-order valence-electron chi connectivity index (χ0n) is 13.3. The fraction of sp³-hybridized carbons (Fsp3) is 0.188. The van der Waals surface area contributed by atoms with Gasteiger partial charge in [-0.05, 0) is 38.1 Å². The molecule has 0 aliphatic rings. The summed E-state index contributed by atoms with van der Waals surface area (Å²) in [7, 11) is -3.64.